The molecule has 0 amide bonds. The minimum Gasteiger partial charge on any atom is -0.318 e. The van der Waals surface area contributed by atoms with Crippen molar-refractivity contribution in [3.05, 3.63) is 80.7 Å². The van der Waals surface area contributed by atoms with Gasteiger partial charge in [0, 0.05) is 32.4 Å². The number of nitrogens with zero attached hydrogens (tertiary/aromatic N) is 2. The molecule has 0 aliphatic rings. The molecule has 2 nitrogen and oxygen atoms in total. The third-order valence-electron chi connectivity index (χ3n) is 4.46. The summed E-state index contributed by atoms with van der Waals surface area (Å²) in [5, 5.41) is 0. The van der Waals surface area contributed by atoms with Crippen molar-refractivity contribution >= 4 is 34.5 Å². The molecule has 3 aromatic rings. The van der Waals surface area contributed by atoms with Crippen LogP contribution in [0.4, 0.5) is 5.69 Å². The largest absolute Gasteiger partial charge is 0.318 e. The Morgan fingerprint density at radius 2 is 1.68 bits per heavy atom. The molecule has 0 spiro atoms. The van der Waals surface area contributed by atoms with Gasteiger partial charge in [-0.2, -0.15) is 0 Å². The van der Waals surface area contributed by atoms with Crippen LogP contribution >= 0.6 is 22.6 Å². The predicted octanol–water partition coefficient (Wildman–Crippen LogP) is 6.57. The number of aryl methyl sites for hydroxylation is 1. The predicted molar refractivity (Wildman–Crippen MR) is 116 cm³/mol. The molecule has 1 aromatic heterocycles. The number of hydrogen-bond acceptors (Lipinski definition) is 1. The van der Waals surface area contributed by atoms with E-state index in [1.54, 1.807) is 0 Å². The fourth-order valence-corrected chi connectivity index (χ4v) is 3.50. The van der Waals surface area contributed by atoms with Crippen molar-refractivity contribution in [1.29, 1.82) is 0 Å². The van der Waals surface area contributed by atoms with Crippen molar-refractivity contribution in [2.75, 3.05) is 0 Å². The molecule has 0 atom stereocenters. The Labute approximate surface area is 163 Å². The Hall–Kier alpha value is -1.88. The Balaban J connectivity index is 1.98. The molecule has 3 heteroatoms. The fraction of sp³-hybridized carbons (Fsp3) is 0.227. The van der Waals surface area contributed by atoms with E-state index in [4.69, 9.17) is 4.99 Å². The molecule has 0 saturated carbocycles. The first kappa shape index (κ1) is 17.9. The van der Waals surface area contributed by atoms with Crippen LogP contribution in [0.25, 0.3) is 5.69 Å². The molecule has 0 radical (unpaired) electrons. The van der Waals surface area contributed by atoms with Gasteiger partial charge in [0.1, 0.15) is 0 Å². The van der Waals surface area contributed by atoms with Crippen molar-refractivity contribution in [2.45, 2.75) is 33.6 Å². The highest BCUT2D eigenvalue weighted by Crippen LogP contribution is 2.27. The zero-order chi connectivity index (χ0) is 18.0. The Morgan fingerprint density at radius 1 is 1.00 bits per heavy atom. The highest BCUT2D eigenvalue weighted by Gasteiger charge is 2.10. The molecule has 1 heterocycles. The normalized spacial score (nSPS) is 11.6. The molecule has 25 heavy (non-hydrogen) atoms. The third-order valence-corrected chi connectivity index (χ3v) is 5.18. The van der Waals surface area contributed by atoms with Gasteiger partial charge in [-0.15, -0.1) is 0 Å². The zero-order valence-electron chi connectivity index (χ0n) is 15.1. The molecule has 2 aromatic carbocycles. The number of halogens is 1. The smallest absolute Gasteiger partial charge is 0.0664 e. The summed E-state index contributed by atoms with van der Waals surface area (Å²) in [6.45, 7) is 8.71. The number of hydrogen-bond donors (Lipinski definition) is 0. The van der Waals surface area contributed by atoms with E-state index in [9.17, 15) is 0 Å². The molecule has 0 aliphatic carbocycles. The summed E-state index contributed by atoms with van der Waals surface area (Å²) in [5.74, 6) is 0.465. The minimum absolute atomic E-state index is 0.465. The number of aliphatic imine (C=N–C) groups is 1. The van der Waals surface area contributed by atoms with Crippen LogP contribution in [0.1, 0.15) is 42.3 Å². The van der Waals surface area contributed by atoms with Crippen LogP contribution in [-0.2, 0) is 0 Å². The van der Waals surface area contributed by atoms with E-state index in [2.05, 4.69) is 103 Å². The van der Waals surface area contributed by atoms with Gasteiger partial charge in [0.2, 0.25) is 0 Å². The molecule has 0 bridgehead atoms. The average molecular weight is 442 g/mol. The first-order valence-corrected chi connectivity index (χ1v) is 9.63. The van der Waals surface area contributed by atoms with Gasteiger partial charge in [0.25, 0.3) is 0 Å². The summed E-state index contributed by atoms with van der Waals surface area (Å²) in [4.78, 5) is 4.78. The first-order chi connectivity index (χ1) is 12.0. The van der Waals surface area contributed by atoms with Crippen LogP contribution in [0.5, 0.6) is 0 Å². The second-order valence-electron chi connectivity index (χ2n) is 6.61. The second-order valence-corrected chi connectivity index (χ2v) is 7.86. The molecular formula is C22H23IN2. The van der Waals surface area contributed by atoms with Crippen LogP contribution in [0.3, 0.4) is 0 Å². The SMILES string of the molecule is Cc1cc(C=Nc2ccccc2C(C)C)c(C)n1-c1ccc(I)cc1. The standard InChI is InChI=1S/C22H23IN2/c1-15(2)21-7-5-6-8-22(21)24-14-18-13-16(3)25(17(18)4)20-11-9-19(23)10-12-20/h5-15H,1-4H3. The second kappa shape index (κ2) is 7.56. The molecule has 0 N–H and O–H groups in total. The molecule has 128 valence electrons. The number of aromatic nitrogens is 1. The van der Waals surface area contributed by atoms with Gasteiger partial charge >= 0.3 is 0 Å². The van der Waals surface area contributed by atoms with Crippen LogP contribution in [0, 0.1) is 17.4 Å². The fourth-order valence-electron chi connectivity index (χ4n) is 3.14. The number of benzene rings is 2. The topological polar surface area (TPSA) is 17.3 Å². The lowest BCUT2D eigenvalue weighted by molar-refractivity contribution is 0.867. The quantitative estimate of drug-likeness (QED) is 0.321. The van der Waals surface area contributed by atoms with Crippen molar-refractivity contribution < 1.29 is 0 Å². The summed E-state index contributed by atoms with van der Waals surface area (Å²) in [7, 11) is 0. The molecular weight excluding hydrogens is 419 g/mol. The van der Waals surface area contributed by atoms with Gasteiger partial charge in [-0.1, -0.05) is 32.0 Å². The summed E-state index contributed by atoms with van der Waals surface area (Å²) >= 11 is 2.34. The highest BCUT2D eigenvalue weighted by molar-refractivity contribution is 14.1. The average Bonchev–Trinajstić information content (AvgIpc) is 2.88. The number of rotatable bonds is 4. The van der Waals surface area contributed by atoms with Crippen molar-refractivity contribution in [2.24, 2.45) is 4.99 Å². The lowest BCUT2D eigenvalue weighted by atomic mass is 10.0. The van der Waals surface area contributed by atoms with Gasteiger partial charge in [0.05, 0.1) is 5.69 Å². The summed E-state index contributed by atoms with van der Waals surface area (Å²) in [6, 6.07) is 19.2. The van der Waals surface area contributed by atoms with E-state index >= 15 is 0 Å². The molecule has 3 rings (SSSR count). The first-order valence-electron chi connectivity index (χ1n) is 8.55. The molecule has 0 unspecified atom stereocenters. The lowest BCUT2D eigenvalue weighted by Crippen LogP contribution is -1.99. The van der Waals surface area contributed by atoms with Crippen molar-refractivity contribution in [1.82, 2.24) is 4.57 Å². The number of para-hydroxylation sites is 1. The van der Waals surface area contributed by atoms with Crippen molar-refractivity contribution in [3.63, 3.8) is 0 Å². The van der Waals surface area contributed by atoms with Crippen LogP contribution in [0.2, 0.25) is 0 Å². The minimum atomic E-state index is 0.465. The van der Waals surface area contributed by atoms with Gasteiger partial charge < -0.3 is 4.57 Å². The van der Waals surface area contributed by atoms with Crippen molar-refractivity contribution in [3.8, 4) is 5.69 Å². The van der Waals surface area contributed by atoms with E-state index in [1.807, 2.05) is 12.3 Å². The van der Waals surface area contributed by atoms with E-state index < -0.39 is 0 Å². The van der Waals surface area contributed by atoms with Crippen LogP contribution in [-0.4, -0.2) is 10.8 Å². The van der Waals surface area contributed by atoms with Gasteiger partial charge in [-0.3, -0.25) is 4.99 Å². The summed E-state index contributed by atoms with van der Waals surface area (Å²) in [6.07, 6.45) is 1.99. The lowest BCUT2D eigenvalue weighted by Gasteiger charge is -2.10. The Bertz CT molecular complexity index is 902. The monoisotopic (exact) mass is 442 g/mol. The summed E-state index contributed by atoms with van der Waals surface area (Å²) < 4.78 is 3.53. The summed E-state index contributed by atoms with van der Waals surface area (Å²) in [5.41, 5.74) is 7.12. The molecule has 0 aliphatic heterocycles. The maximum absolute atomic E-state index is 4.78. The van der Waals surface area contributed by atoms with E-state index in [0.29, 0.717) is 5.92 Å². The van der Waals surface area contributed by atoms with E-state index in [0.717, 1.165) is 11.3 Å². The maximum Gasteiger partial charge on any atom is 0.0664 e. The zero-order valence-corrected chi connectivity index (χ0v) is 17.3. The van der Waals surface area contributed by atoms with Gasteiger partial charge in [0.15, 0.2) is 0 Å². The van der Waals surface area contributed by atoms with Gasteiger partial charge in [-0.25, -0.2) is 0 Å². The van der Waals surface area contributed by atoms with Crippen LogP contribution in [0.15, 0.2) is 59.6 Å². The van der Waals surface area contributed by atoms with E-state index in [1.165, 1.54) is 26.2 Å². The van der Waals surface area contributed by atoms with Gasteiger partial charge in [-0.05, 0) is 84.3 Å². The maximum atomic E-state index is 4.78. The van der Waals surface area contributed by atoms with E-state index in [-0.39, 0.29) is 0 Å². The Morgan fingerprint density at radius 3 is 2.36 bits per heavy atom. The molecule has 0 fully saturated rings. The molecule has 0 saturated heterocycles. The Kier molecular flexibility index (Phi) is 5.42. The highest BCUT2D eigenvalue weighted by atomic mass is 127. The third kappa shape index (κ3) is 3.87. The van der Waals surface area contributed by atoms with Crippen LogP contribution < -0.4 is 0 Å².